The van der Waals surface area contributed by atoms with E-state index in [1.807, 2.05) is 6.79 Å². The Morgan fingerprint density at radius 2 is 0.940 bits per heavy atom. The molecule has 50 heavy (non-hydrogen) atoms. The SMILES string of the molecule is C=O.CC1CCC(CCc2ccc(C(OO)C3CCC(C)CC3)cc2)CC1.CC1CCC(CCc2ccc(OC3CCC(C)CC3)cc2)CC1. The van der Waals surface area contributed by atoms with E-state index in [0.717, 1.165) is 59.7 Å². The average molecular weight is 689 g/mol. The van der Waals surface area contributed by atoms with Crippen LogP contribution in [0.15, 0.2) is 48.5 Å². The molecule has 4 heteroatoms. The Morgan fingerprint density at radius 3 is 1.36 bits per heavy atom. The summed E-state index contributed by atoms with van der Waals surface area (Å²) in [5.74, 6) is 7.02. The van der Waals surface area contributed by atoms with Gasteiger partial charge in [-0.15, -0.1) is 0 Å². The summed E-state index contributed by atoms with van der Waals surface area (Å²) >= 11 is 0. The maximum Gasteiger partial charge on any atom is 0.120 e. The summed E-state index contributed by atoms with van der Waals surface area (Å²) in [6.07, 6.45) is 26.8. The standard InChI is InChI=1S/C23H36O2.C22H34O.CH2O/c1-17-3-7-19(8-4-17)9-10-20-11-15-22(16-12-20)23(25-24)21-13-5-18(2)6-14-21;1-17-3-7-19(8-4-17)9-10-20-11-15-22(16-12-20)23-21-13-5-18(2)6-14-21;1-2/h11-12,15-19,21,23-24H,3-10,13-14H2,1-2H3;11-12,15-19,21H,3-10,13-14H2,1-2H3;1H2. The fourth-order valence-electron chi connectivity index (χ4n) is 9.13. The van der Waals surface area contributed by atoms with E-state index in [1.165, 1.54) is 127 Å². The van der Waals surface area contributed by atoms with E-state index in [9.17, 15) is 5.26 Å². The van der Waals surface area contributed by atoms with Gasteiger partial charge >= 0.3 is 0 Å². The van der Waals surface area contributed by atoms with Gasteiger partial charge in [0.1, 0.15) is 18.6 Å². The number of aryl methyl sites for hydroxylation is 2. The van der Waals surface area contributed by atoms with E-state index in [0.29, 0.717) is 12.0 Å². The molecule has 2 aromatic rings. The van der Waals surface area contributed by atoms with E-state index in [-0.39, 0.29) is 6.10 Å². The van der Waals surface area contributed by atoms with Gasteiger partial charge in [0, 0.05) is 0 Å². The van der Waals surface area contributed by atoms with Crippen molar-refractivity contribution < 1.29 is 19.7 Å². The van der Waals surface area contributed by atoms with Gasteiger partial charge in [0.25, 0.3) is 0 Å². The third-order valence-electron chi connectivity index (χ3n) is 13.1. The lowest BCUT2D eigenvalue weighted by molar-refractivity contribution is -0.296. The Balaban J connectivity index is 0.000000215. The van der Waals surface area contributed by atoms with Crippen molar-refractivity contribution in [1.29, 1.82) is 0 Å². The molecule has 0 heterocycles. The maximum atomic E-state index is 9.46. The van der Waals surface area contributed by atoms with Crippen LogP contribution in [0.3, 0.4) is 0 Å². The molecule has 0 aromatic heterocycles. The summed E-state index contributed by atoms with van der Waals surface area (Å²) in [5.41, 5.74) is 4.04. The van der Waals surface area contributed by atoms with Crippen LogP contribution in [0.5, 0.6) is 5.75 Å². The highest BCUT2D eigenvalue weighted by Crippen LogP contribution is 2.39. The molecule has 4 saturated carbocycles. The van der Waals surface area contributed by atoms with Crippen LogP contribution in [0.1, 0.15) is 166 Å². The summed E-state index contributed by atoms with van der Waals surface area (Å²) in [6.45, 7) is 11.5. The van der Waals surface area contributed by atoms with Crippen LogP contribution in [0, 0.1) is 41.4 Å². The van der Waals surface area contributed by atoms with Gasteiger partial charge in [0.2, 0.25) is 0 Å². The molecule has 4 nitrogen and oxygen atoms in total. The fraction of sp³-hybridized carbons (Fsp3) is 0.717. The lowest BCUT2D eigenvalue weighted by Crippen LogP contribution is -2.22. The predicted octanol–water partition coefficient (Wildman–Crippen LogP) is 13.0. The predicted molar refractivity (Wildman–Crippen MR) is 209 cm³/mol. The molecule has 280 valence electrons. The van der Waals surface area contributed by atoms with Crippen molar-refractivity contribution in [2.75, 3.05) is 0 Å². The van der Waals surface area contributed by atoms with Crippen molar-refractivity contribution in [2.45, 2.75) is 168 Å². The first-order chi connectivity index (χ1) is 24.3. The van der Waals surface area contributed by atoms with Gasteiger partial charge in [-0.05, 0) is 134 Å². The summed E-state index contributed by atoms with van der Waals surface area (Å²) in [6, 6.07) is 17.8. The molecule has 2 aromatic carbocycles. The number of carbonyl (C=O) groups excluding carboxylic acids is 1. The quantitative estimate of drug-likeness (QED) is 0.189. The molecule has 1 N–H and O–H groups in total. The Labute approximate surface area is 306 Å². The number of ether oxygens (including phenoxy) is 1. The molecule has 1 unspecified atom stereocenters. The van der Waals surface area contributed by atoms with Gasteiger partial charge in [-0.3, -0.25) is 5.26 Å². The summed E-state index contributed by atoms with van der Waals surface area (Å²) in [5, 5.41) is 9.46. The Hall–Kier alpha value is -2.17. The first-order valence-electron chi connectivity index (χ1n) is 20.8. The summed E-state index contributed by atoms with van der Waals surface area (Å²) < 4.78 is 6.16. The van der Waals surface area contributed by atoms with E-state index in [1.54, 1.807) is 0 Å². The number of benzene rings is 2. The lowest BCUT2D eigenvalue weighted by atomic mass is 9.78. The molecule has 4 fully saturated rings. The molecule has 0 amide bonds. The molecule has 6 rings (SSSR count). The molecule has 0 radical (unpaired) electrons. The molecule has 0 bridgehead atoms. The number of carbonyl (C=O) groups is 1. The van der Waals surface area contributed by atoms with Crippen LogP contribution in [0.25, 0.3) is 0 Å². The smallest absolute Gasteiger partial charge is 0.120 e. The fourth-order valence-corrected chi connectivity index (χ4v) is 9.13. The van der Waals surface area contributed by atoms with Crippen LogP contribution >= 0.6 is 0 Å². The summed E-state index contributed by atoms with van der Waals surface area (Å²) in [7, 11) is 0. The molecule has 1 atom stereocenters. The number of hydrogen-bond acceptors (Lipinski definition) is 4. The molecule has 4 aliphatic carbocycles. The van der Waals surface area contributed by atoms with Crippen molar-refractivity contribution in [2.24, 2.45) is 41.4 Å². The summed E-state index contributed by atoms with van der Waals surface area (Å²) in [4.78, 5) is 12.9. The van der Waals surface area contributed by atoms with Gasteiger partial charge in [0.05, 0.1) is 6.10 Å². The third kappa shape index (κ3) is 13.8. The van der Waals surface area contributed by atoms with Crippen molar-refractivity contribution >= 4 is 6.79 Å². The second kappa shape index (κ2) is 22.0. The first-order valence-corrected chi connectivity index (χ1v) is 20.8. The molecule has 0 spiro atoms. The second-order valence-electron chi connectivity index (χ2n) is 17.3. The molecule has 4 aliphatic rings. The number of rotatable bonds is 11. The second-order valence-corrected chi connectivity index (χ2v) is 17.3. The molecular weight excluding hydrogens is 617 g/mol. The monoisotopic (exact) mass is 689 g/mol. The minimum absolute atomic E-state index is 0.151. The Kier molecular flexibility index (Phi) is 17.9. The molecule has 0 saturated heterocycles. The largest absolute Gasteiger partial charge is 0.490 e. The Morgan fingerprint density at radius 1 is 0.560 bits per heavy atom. The van der Waals surface area contributed by atoms with Crippen LogP contribution in [-0.4, -0.2) is 18.2 Å². The van der Waals surface area contributed by atoms with Gasteiger partial charge < -0.3 is 9.53 Å². The highest BCUT2D eigenvalue weighted by Gasteiger charge is 2.28. The van der Waals surface area contributed by atoms with E-state index < -0.39 is 0 Å². The van der Waals surface area contributed by atoms with Crippen LogP contribution in [-0.2, 0) is 22.5 Å². The van der Waals surface area contributed by atoms with E-state index in [4.69, 9.17) is 14.4 Å². The van der Waals surface area contributed by atoms with Crippen LogP contribution in [0.4, 0.5) is 0 Å². The topological polar surface area (TPSA) is 55.8 Å². The van der Waals surface area contributed by atoms with Gasteiger partial charge in [0.15, 0.2) is 0 Å². The highest BCUT2D eigenvalue weighted by atomic mass is 17.1. The van der Waals surface area contributed by atoms with Gasteiger partial charge in [-0.25, -0.2) is 4.89 Å². The van der Waals surface area contributed by atoms with Crippen molar-refractivity contribution in [3.05, 3.63) is 65.2 Å². The van der Waals surface area contributed by atoms with Crippen molar-refractivity contribution in [1.82, 2.24) is 0 Å². The molecule has 0 aliphatic heterocycles. The van der Waals surface area contributed by atoms with E-state index in [2.05, 4.69) is 76.2 Å². The highest BCUT2D eigenvalue weighted by molar-refractivity contribution is 5.28. The van der Waals surface area contributed by atoms with Gasteiger partial charge in [-0.2, -0.15) is 0 Å². The van der Waals surface area contributed by atoms with Crippen molar-refractivity contribution in [3.63, 3.8) is 0 Å². The zero-order chi connectivity index (χ0) is 35.7. The number of hydrogen-bond donors (Lipinski definition) is 1. The Bertz CT molecular complexity index is 1150. The zero-order valence-electron chi connectivity index (χ0n) is 32.3. The minimum atomic E-state index is -0.151. The molecular formula is C46H72O4. The normalized spacial score (nSPS) is 30.5. The minimum Gasteiger partial charge on any atom is -0.490 e. The van der Waals surface area contributed by atoms with Crippen LogP contribution < -0.4 is 4.74 Å². The third-order valence-corrected chi connectivity index (χ3v) is 13.1. The first kappa shape index (κ1) is 40.6. The van der Waals surface area contributed by atoms with Crippen molar-refractivity contribution in [3.8, 4) is 5.75 Å². The van der Waals surface area contributed by atoms with Gasteiger partial charge in [-0.1, -0.05) is 128 Å². The van der Waals surface area contributed by atoms with Crippen LogP contribution in [0.2, 0.25) is 0 Å². The maximum absolute atomic E-state index is 9.46. The zero-order valence-corrected chi connectivity index (χ0v) is 32.3. The average Bonchev–Trinajstić information content (AvgIpc) is 3.15. The van der Waals surface area contributed by atoms with E-state index >= 15 is 0 Å². The lowest BCUT2D eigenvalue weighted by Gasteiger charge is -2.31.